The average molecular weight is 416 g/mol. The summed E-state index contributed by atoms with van der Waals surface area (Å²) < 4.78 is 27.4. The monoisotopic (exact) mass is 415 g/mol. The highest BCUT2D eigenvalue weighted by atomic mass is 32.2. The van der Waals surface area contributed by atoms with Gasteiger partial charge in [-0.1, -0.05) is 24.3 Å². The molecule has 0 bridgehead atoms. The summed E-state index contributed by atoms with van der Waals surface area (Å²) in [5.74, 6) is -0.101. The van der Waals surface area contributed by atoms with E-state index in [2.05, 4.69) is 4.90 Å². The summed E-state index contributed by atoms with van der Waals surface area (Å²) in [6.07, 6.45) is 3.06. The summed E-state index contributed by atoms with van der Waals surface area (Å²) in [7, 11) is 1.78. The summed E-state index contributed by atoms with van der Waals surface area (Å²) in [4.78, 5) is 17.3. The van der Waals surface area contributed by atoms with Crippen molar-refractivity contribution < 1.29 is 13.2 Å². The van der Waals surface area contributed by atoms with E-state index in [1.165, 1.54) is 17.4 Å². The van der Waals surface area contributed by atoms with Gasteiger partial charge in [-0.3, -0.25) is 9.10 Å². The molecule has 1 heterocycles. The zero-order chi connectivity index (χ0) is 21.0. The molecule has 3 rings (SSSR count). The molecule has 29 heavy (non-hydrogen) atoms. The average Bonchev–Trinajstić information content (AvgIpc) is 2.73. The molecular weight excluding hydrogens is 386 g/mol. The number of sulfonamides is 1. The summed E-state index contributed by atoms with van der Waals surface area (Å²) >= 11 is 0. The van der Waals surface area contributed by atoms with E-state index in [-0.39, 0.29) is 16.8 Å². The lowest BCUT2D eigenvalue weighted by Crippen LogP contribution is -2.48. The van der Waals surface area contributed by atoms with Gasteiger partial charge in [0.1, 0.15) is 0 Å². The first-order valence-electron chi connectivity index (χ1n) is 9.90. The van der Waals surface area contributed by atoms with Gasteiger partial charge in [-0.15, -0.1) is 0 Å². The molecule has 0 aromatic heterocycles. The van der Waals surface area contributed by atoms with Crippen molar-refractivity contribution in [3.8, 4) is 0 Å². The van der Waals surface area contributed by atoms with Crippen molar-refractivity contribution in [3.63, 3.8) is 0 Å². The molecule has 7 heteroatoms. The quantitative estimate of drug-likeness (QED) is 0.728. The van der Waals surface area contributed by atoms with Crippen molar-refractivity contribution >= 4 is 21.6 Å². The van der Waals surface area contributed by atoms with Crippen LogP contribution in [-0.4, -0.2) is 64.4 Å². The second kappa shape index (κ2) is 8.97. The van der Waals surface area contributed by atoms with E-state index < -0.39 is 10.0 Å². The van der Waals surface area contributed by atoms with E-state index in [0.29, 0.717) is 17.8 Å². The van der Waals surface area contributed by atoms with Crippen molar-refractivity contribution in [1.29, 1.82) is 0 Å². The standard InChI is InChI=1S/C22H29N3O3S/c1-23(2)17-20-13-7-8-15-25(20)22(26)18-10-9-14-21(16-18)29(27,28)24(3)19-11-5-4-6-12-19/h4-6,9-12,14,16,20H,7-8,13,15,17H2,1-3H3. The molecule has 0 spiro atoms. The van der Waals surface area contributed by atoms with E-state index >= 15 is 0 Å². The molecule has 156 valence electrons. The minimum atomic E-state index is -3.76. The molecule has 1 saturated heterocycles. The van der Waals surface area contributed by atoms with E-state index in [9.17, 15) is 13.2 Å². The Hall–Kier alpha value is -2.38. The molecule has 1 amide bonds. The highest BCUT2D eigenvalue weighted by Gasteiger charge is 2.29. The molecule has 0 radical (unpaired) electrons. The number of amides is 1. The Balaban J connectivity index is 1.87. The number of para-hydroxylation sites is 1. The molecule has 1 unspecified atom stereocenters. The van der Waals surface area contributed by atoms with Crippen LogP contribution >= 0.6 is 0 Å². The van der Waals surface area contributed by atoms with Crippen LogP contribution in [0.5, 0.6) is 0 Å². The van der Waals surface area contributed by atoms with Gasteiger partial charge in [-0.25, -0.2) is 8.42 Å². The van der Waals surface area contributed by atoms with E-state index in [0.717, 1.165) is 25.8 Å². The Kier molecular flexibility index (Phi) is 6.59. The fraction of sp³-hybridized carbons (Fsp3) is 0.409. The Morgan fingerprint density at radius 1 is 1.03 bits per heavy atom. The number of benzene rings is 2. The number of hydrogen-bond donors (Lipinski definition) is 0. The zero-order valence-corrected chi connectivity index (χ0v) is 18.1. The lowest BCUT2D eigenvalue weighted by atomic mass is 10.0. The van der Waals surface area contributed by atoms with Crippen molar-refractivity contribution in [3.05, 3.63) is 60.2 Å². The predicted molar refractivity (Wildman–Crippen MR) is 116 cm³/mol. The minimum Gasteiger partial charge on any atom is -0.334 e. The normalized spacial score (nSPS) is 17.4. The molecule has 0 saturated carbocycles. The molecule has 6 nitrogen and oxygen atoms in total. The maximum Gasteiger partial charge on any atom is 0.264 e. The third-order valence-electron chi connectivity index (χ3n) is 5.32. The highest BCUT2D eigenvalue weighted by Crippen LogP contribution is 2.24. The van der Waals surface area contributed by atoms with Crippen LogP contribution in [0.2, 0.25) is 0 Å². The van der Waals surface area contributed by atoms with Crippen molar-refractivity contribution in [2.45, 2.75) is 30.2 Å². The number of likely N-dealkylation sites (N-methyl/N-ethyl adjacent to an activating group) is 1. The first-order chi connectivity index (χ1) is 13.8. The number of carbonyl (C=O) groups is 1. The molecule has 1 aliphatic heterocycles. The summed E-state index contributed by atoms with van der Waals surface area (Å²) in [5.41, 5.74) is 0.990. The fourth-order valence-corrected chi connectivity index (χ4v) is 5.01. The smallest absolute Gasteiger partial charge is 0.264 e. The predicted octanol–water partition coefficient (Wildman–Crippen LogP) is 3.07. The number of carbonyl (C=O) groups excluding carboxylic acids is 1. The van der Waals surface area contributed by atoms with Crippen LogP contribution in [0.4, 0.5) is 5.69 Å². The molecular formula is C22H29N3O3S. The van der Waals surface area contributed by atoms with Gasteiger partial charge in [0.2, 0.25) is 0 Å². The van der Waals surface area contributed by atoms with Gasteiger partial charge in [-0.05, 0) is 63.7 Å². The lowest BCUT2D eigenvalue weighted by molar-refractivity contribution is 0.0574. The van der Waals surface area contributed by atoms with Gasteiger partial charge in [0, 0.05) is 31.7 Å². The van der Waals surface area contributed by atoms with Crippen LogP contribution in [0, 0.1) is 0 Å². The van der Waals surface area contributed by atoms with Gasteiger partial charge in [0.05, 0.1) is 10.6 Å². The Morgan fingerprint density at radius 3 is 2.45 bits per heavy atom. The molecule has 1 aliphatic rings. The summed E-state index contributed by atoms with van der Waals surface area (Å²) in [5, 5.41) is 0. The molecule has 2 aromatic carbocycles. The van der Waals surface area contributed by atoms with Crippen molar-refractivity contribution in [2.24, 2.45) is 0 Å². The van der Waals surface area contributed by atoms with E-state index in [4.69, 9.17) is 0 Å². The van der Waals surface area contributed by atoms with Crippen LogP contribution in [0.1, 0.15) is 29.6 Å². The molecule has 1 fully saturated rings. The van der Waals surface area contributed by atoms with Crippen LogP contribution in [0.3, 0.4) is 0 Å². The molecule has 0 aliphatic carbocycles. The number of rotatable bonds is 6. The Morgan fingerprint density at radius 2 is 1.76 bits per heavy atom. The lowest BCUT2D eigenvalue weighted by Gasteiger charge is -2.37. The number of piperidine rings is 1. The first kappa shape index (κ1) is 21.3. The fourth-order valence-electron chi connectivity index (χ4n) is 3.77. The third kappa shape index (κ3) is 4.79. The largest absolute Gasteiger partial charge is 0.334 e. The molecule has 2 aromatic rings. The third-order valence-corrected chi connectivity index (χ3v) is 7.10. The zero-order valence-electron chi connectivity index (χ0n) is 17.3. The van der Waals surface area contributed by atoms with Crippen LogP contribution in [0.15, 0.2) is 59.5 Å². The number of likely N-dealkylation sites (tertiary alicyclic amines) is 1. The number of anilines is 1. The van der Waals surface area contributed by atoms with Crippen molar-refractivity contribution in [1.82, 2.24) is 9.80 Å². The molecule has 0 N–H and O–H groups in total. The highest BCUT2D eigenvalue weighted by molar-refractivity contribution is 7.92. The topological polar surface area (TPSA) is 60.9 Å². The first-order valence-corrected chi connectivity index (χ1v) is 11.3. The van der Waals surface area contributed by atoms with Crippen LogP contribution in [0.25, 0.3) is 0 Å². The van der Waals surface area contributed by atoms with Gasteiger partial charge in [0.25, 0.3) is 15.9 Å². The van der Waals surface area contributed by atoms with Gasteiger partial charge in [-0.2, -0.15) is 0 Å². The summed E-state index contributed by atoms with van der Waals surface area (Å²) in [6, 6.07) is 15.4. The minimum absolute atomic E-state index is 0.101. The van der Waals surface area contributed by atoms with Gasteiger partial charge in [0.15, 0.2) is 0 Å². The molecule has 1 atom stereocenters. The maximum atomic E-state index is 13.2. The number of nitrogens with zero attached hydrogens (tertiary/aromatic N) is 3. The SMILES string of the molecule is CN(C)CC1CCCCN1C(=O)c1cccc(S(=O)(=O)N(C)c2ccccc2)c1. The van der Waals surface area contributed by atoms with E-state index in [1.807, 2.05) is 25.1 Å². The Bertz CT molecular complexity index is 945. The number of hydrogen-bond acceptors (Lipinski definition) is 4. The maximum absolute atomic E-state index is 13.2. The van der Waals surface area contributed by atoms with E-state index in [1.54, 1.807) is 42.5 Å². The van der Waals surface area contributed by atoms with Crippen LogP contribution in [-0.2, 0) is 10.0 Å². The second-order valence-electron chi connectivity index (χ2n) is 7.75. The Labute approximate surface area is 173 Å². The van der Waals surface area contributed by atoms with Crippen LogP contribution < -0.4 is 4.31 Å². The van der Waals surface area contributed by atoms with Gasteiger partial charge < -0.3 is 9.80 Å². The van der Waals surface area contributed by atoms with Gasteiger partial charge >= 0.3 is 0 Å². The summed E-state index contributed by atoms with van der Waals surface area (Å²) in [6.45, 7) is 1.51. The second-order valence-corrected chi connectivity index (χ2v) is 9.72. The van der Waals surface area contributed by atoms with Crippen molar-refractivity contribution in [2.75, 3.05) is 38.5 Å².